The molecule has 0 aromatic heterocycles. The second kappa shape index (κ2) is 10.5. The van der Waals surface area contributed by atoms with E-state index in [1.807, 2.05) is 0 Å². The minimum absolute atomic E-state index is 0.142. The van der Waals surface area contributed by atoms with Crippen LogP contribution in [0.2, 0.25) is 0 Å². The van der Waals surface area contributed by atoms with Crippen molar-refractivity contribution >= 4 is 17.9 Å². The number of fused-ring (bicyclic) bond motifs is 5. The number of carbonyl (C=O) groups is 3. The van der Waals surface area contributed by atoms with Crippen molar-refractivity contribution in [1.82, 2.24) is 0 Å². The van der Waals surface area contributed by atoms with Crippen molar-refractivity contribution in [2.24, 2.45) is 35.5 Å². The van der Waals surface area contributed by atoms with E-state index in [2.05, 4.69) is 11.3 Å². The highest BCUT2D eigenvalue weighted by molar-refractivity contribution is 6.04. The third-order valence-electron chi connectivity index (χ3n) is 6.97. The largest absolute Gasteiger partial charge is 0.459 e. The molecule has 2 aliphatic heterocycles. The lowest BCUT2D eigenvalue weighted by molar-refractivity contribution is -0.150. The van der Waals surface area contributed by atoms with Crippen molar-refractivity contribution < 1.29 is 38.8 Å². The second-order valence-electron chi connectivity index (χ2n) is 9.01. The first kappa shape index (κ1) is 23.6. The van der Waals surface area contributed by atoms with Crippen LogP contribution in [-0.4, -0.2) is 60.7 Å². The molecular formula is C23H32O8. The first-order valence-electron chi connectivity index (χ1n) is 10.9. The number of carbonyl (C=O) groups excluding carboxylic acids is 3. The molecule has 31 heavy (non-hydrogen) atoms. The molecule has 1 saturated heterocycles. The van der Waals surface area contributed by atoms with Gasteiger partial charge in [-0.3, -0.25) is 0 Å². The summed E-state index contributed by atoms with van der Waals surface area (Å²) < 4.78 is 13.6. The lowest BCUT2D eigenvalue weighted by Crippen LogP contribution is -2.30. The molecule has 0 amide bonds. The standard InChI is InChI=1S/C12H20O2.C7H10O3.C4H2O3/c13-5-7-1-2-10-11-4-8(12(7)10)3-9(11)6-14;1-5(2)7(8)10-4-6-3-9-6;5-3-1-2-4(6)7-3/h7-14H,1-6H2;6H,1,3-4H2,2H3;1-2H. The average Bonchev–Trinajstić information content (AvgIpc) is 3.08. The fraction of sp³-hybridized carbons (Fsp3) is 0.696. The third kappa shape index (κ3) is 6.02. The molecule has 8 nitrogen and oxygen atoms in total. The number of aliphatic hydroxyl groups excluding tert-OH is 2. The summed E-state index contributed by atoms with van der Waals surface area (Å²) in [6, 6.07) is 0. The van der Waals surface area contributed by atoms with Gasteiger partial charge in [0.2, 0.25) is 0 Å². The monoisotopic (exact) mass is 436 g/mol. The van der Waals surface area contributed by atoms with Gasteiger partial charge in [0.05, 0.1) is 6.61 Å². The summed E-state index contributed by atoms with van der Waals surface area (Å²) in [6.07, 6.45) is 7.44. The Morgan fingerprint density at radius 2 is 1.74 bits per heavy atom. The summed E-state index contributed by atoms with van der Waals surface area (Å²) >= 11 is 0. The Morgan fingerprint density at radius 3 is 2.23 bits per heavy atom. The van der Waals surface area contributed by atoms with Crippen molar-refractivity contribution in [3.63, 3.8) is 0 Å². The van der Waals surface area contributed by atoms with Crippen LogP contribution in [0, 0.1) is 35.5 Å². The summed E-state index contributed by atoms with van der Waals surface area (Å²) in [4.78, 5) is 30.5. The molecule has 4 fully saturated rings. The molecule has 3 saturated carbocycles. The van der Waals surface area contributed by atoms with Crippen molar-refractivity contribution in [2.45, 2.75) is 38.7 Å². The number of epoxide rings is 1. The molecular weight excluding hydrogens is 404 g/mol. The van der Waals surface area contributed by atoms with Gasteiger partial charge in [0.1, 0.15) is 12.7 Å². The average molecular weight is 437 g/mol. The van der Waals surface area contributed by atoms with Gasteiger partial charge in [0, 0.05) is 30.9 Å². The minimum atomic E-state index is -0.579. The van der Waals surface area contributed by atoms with Crippen LogP contribution in [0.4, 0.5) is 0 Å². The summed E-state index contributed by atoms with van der Waals surface area (Å²) in [6.45, 7) is 6.93. The van der Waals surface area contributed by atoms with E-state index in [4.69, 9.17) is 9.47 Å². The van der Waals surface area contributed by atoms with Crippen LogP contribution in [0.5, 0.6) is 0 Å². The van der Waals surface area contributed by atoms with Gasteiger partial charge < -0.3 is 24.4 Å². The summed E-state index contributed by atoms with van der Waals surface area (Å²) in [5, 5.41) is 18.6. The van der Waals surface area contributed by atoms with Gasteiger partial charge in [-0.2, -0.15) is 0 Å². The van der Waals surface area contributed by atoms with E-state index in [0.717, 1.165) is 35.8 Å². The first-order chi connectivity index (χ1) is 14.8. The topological polar surface area (TPSA) is 123 Å². The molecule has 2 heterocycles. The van der Waals surface area contributed by atoms with Gasteiger partial charge in [-0.25, -0.2) is 14.4 Å². The molecule has 2 bridgehead atoms. The maximum absolute atomic E-state index is 10.7. The zero-order valence-electron chi connectivity index (χ0n) is 17.9. The van der Waals surface area contributed by atoms with Gasteiger partial charge in [0.15, 0.2) is 0 Å². The first-order valence-corrected chi connectivity index (χ1v) is 10.9. The Balaban J connectivity index is 0.000000141. The highest BCUT2D eigenvalue weighted by Gasteiger charge is 2.56. The van der Waals surface area contributed by atoms with Crippen molar-refractivity contribution in [3.05, 3.63) is 24.3 Å². The van der Waals surface area contributed by atoms with E-state index in [-0.39, 0.29) is 12.1 Å². The van der Waals surface area contributed by atoms with Crippen LogP contribution >= 0.6 is 0 Å². The predicted molar refractivity (Wildman–Crippen MR) is 109 cm³/mol. The third-order valence-corrected chi connectivity index (χ3v) is 6.97. The smallest absolute Gasteiger partial charge is 0.338 e. The Morgan fingerprint density at radius 1 is 1.10 bits per heavy atom. The van der Waals surface area contributed by atoms with Gasteiger partial charge in [-0.1, -0.05) is 6.58 Å². The van der Waals surface area contributed by atoms with Crippen LogP contribution in [0.3, 0.4) is 0 Å². The van der Waals surface area contributed by atoms with E-state index in [9.17, 15) is 24.6 Å². The van der Waals surface area contributed by atoms with Gasteiger partial charge in [0.25, 0.3) is 0 Å². The molecule has 0 aromatic carbocycles. The quantitative estimate of drug-likeness (QED) is 0.287. The molecule has 172 valence electrons. The van der Waals surface area contributed by atoms with Crippen LogP contribution in [0.25, 0.3) is 0 Å². The number of esters is 3. The normalized spacial score (nSPS) is 36.0. The lowest BCUT2D eigenvalue weighted by Gasteiger charge is -2.32. The number of hydrogen-bond acceptors (Lipinski definition) is 8. The predicted octanol–water partition coefficient (Wildman–Crippen LogP) is 1.40. The number of cyclic esters (lactones) is 2. The number of ether oxygens (including phenoxy) is 3. The van der Waals surface area contributed by atoms with E-state index in [0.29, 0.717) is 43.8 Å². The maximum Gasteiger partial charge on any atom is 0.338 e. The van der Waals surface area contributed by atoms with Crippen LogP contribution in [0.1, 0.15) is 32.6 Å². The molecule has 7 atom stereocenters. The fourth-order valence-electron chi connectivity index (χ4n) is 5.60. The Labute approximate surface area is 182 Å². The SMILES string of the molecule is C=C(C)C(=O)OCC1CO1.O=C1C=CC(=O)O1.OCC1CC2CC1C1CCC(CO)C21. The number of aliphatic hydroxyl groups is 2. The maximum atomic E-state index is 10.7. The van der Waals surface area contributed by atoms with Crippen LogP contribution in [-0.2, 0) is 28.6 Å². The van der Waals surface area contributed by atoms with E-state index >= 15 is 0 Å². The lowest BCUT2D eigenvalue weighted by atomic mass is 9.74. The number of rotatable bonds is 5. The molecule has 0 radical (unpaired) electrons. The Bertz CT molecular complexity index is 707. The minimum Gasteiger partial charge on any atom is -0.459 e. The highest BCUT2D eigenvalue weighted by Crippen LogP contribution is 2.62. The fourth-order valence-corrected chi connectivity index (χ4v) is 5.60. The number of hydrogen-bond donors (Lipinski definition) is 2. The molecule has 3 aliphatic carbocycles. The van der Waals surface area contributed by atoms with Crippen LogP contribution in [0.15, 0.2) is 24.3 Å². The summed E-state index contributed by atoms with van der Waals surface area (Å²) in [5.74, 6) is 2.99. The second-order valence-corrected chi connectivity index (χ2v) is 9.01. The highest BCUT2D eigenvalue weighted by atomic mass is 16.6. The molecule has 2 N–H and O–H groups in total. The summed E-state index contributed by atoms with van der Waals surface area (Å²) in [7, 11) is 0. The van der Waals surface area contributed by atoms with Crippen molar-refractivity contribution in [1.29, 1.82) is 0 Å². The molecule has 0 spiro atoms. The summed E-state index contributed by atoms with van der Waals surface area (Å²) in [5.41, 5.74) is 0.431. The van der Waals surface area contributed by atoms with Crippen LogP contribution < -0.4 is 0 Å². The zero-order valence-corrected chi connectivity index (χ0v) is 17.9. The molecule has 0 aromatic rings. The van der Waals surface area contributed by atoms with Gasteiger partial charge >= 0.3 is 17.9 Å². The molecule has 5 aliphatic rings. The molecule has 7 unspecified atom stereocenters. The molecule has 8 heteroatoms. The Kier molecular flexibility index (Phi) is 8.02. The van der Waals surface area contributed by atoms with E-state index in [1.165, 1.54) is 25.7 Å². The van der Waals surface area contributed by atoms with Crippen molar-refractivity contribution in [3.8, 4) is 0 Å². The Hall–Kier alpha value is -2.03. The van der Waals surface area contributed by atoms with Gasteiger partial charge in [-0.15, -0.1) is 0 Å². The van der Waals surface area contributed by atoms with Gasteiger partial charge in [-0.05, 0) is 68.1 Å². The molecule has 5 rings (SSSR count). The van der Waals surface area contributed by atoms with Crippen molar-refractivity contribution in [2.75, 3.05) is 26.4 Å². The van der Waals surface area contributed by atoms with E-state index < -0.39 is 11.9 Å². The van der Waals surface area contributed by atoms with E-state index in [1.54, 1.807) is 6.92 Å². The zero-order chi connectivity index (χ0) is 22.5.